The van der Waals surface area contributed by atoms with Crippen molar-refractivity contribution in [3.8, 4) is 0 Å². The standard InChI is InChI=1S/C20H28N4O2/c25-18(20-13-15-10-16(14-20)12-17(20)11-15)26-9-8-23-4-6-24(7-5-23)19-21-2-1-3-22-19/h1-3,15-17H,4-14H2/t15-,16?,17?,20?/m0/s1. The molecule has 1 aliphatic heterocycles. The highest BCUT2D eigenvalue weighted by Crippen LogP contribution is 2.65. The maximum Gasteiger partial charge on any atom is 0.312 e. The predicted octanol–water partition coefficient (Wildman–Crippen LogP) is 1.97. The van der Waals surface area contributed by atoms with Gasteiger partial charge in [0.05, 0.1) is 5.41 Å². The third-order valence-electron chi connectivity index (χ3n) is 7.24. The van der Waals surface area contributed by atoms with E-state index in [0.29, 0.717) is 12.5 Å². The van der Waals surface area contributed by atoms with Gasteiger partial charge in [-0.1, -0.05) is 0 Å². The van der Waals surface area contributed by atoms with E-state index in [1.807, 2.05) is 6.07 Å². The van der Waals surface area contributed by atoms with Crippen LogP contribution in [0.25, 0.3) is 0 Å². The van der Waals surface area contributed by atoms with Crippen LogP contribution in [-0.4, -0.2) is 60.2 Å². The lowest BCUT2D eigenvalue weighted by Gasteiger charge is -2.35. The molecule has 0 radical (unpaired) electrons. The van der Waals surface area contributed by atoms with Crippen LogP contribution in [0.15, 0.2) is 18.5 Å². The molecule has 26 heavy (non-hydrogen) atoms. The van der Waals surface area contributed by atoms with Gasteiger partial charge in [-0.25, -0.2) is 9.97 Å². The van der Waals surface area contributed by atoms with E-state index in [1.165, 1.54) is 19.3 Å². The molecule has 2 heterocycles. The van der Waals surface area contributed by atoms with Crippen LogP contribution >= 0.6 is 0 Å². The molecule has 6 rings (SSSR count). The zero-order valence-corrected chi connectivity index (χ0v) is 15.3. The number of hydrogen-bond acceptors (Lipinski definition) is 6. The molecule has 5 fully saturated rings. The first kappa shape index (κ1) is 16.5. The summed E-state index contributed by atoms with van der Waals surface area (Å²) < 4.78 is 5.79. The monoisotopic (exact) mass is 356 g/mol. The Bertz CT molecular complexity index is 645. The summed E-state index contributed by atoms with van der Waals surface area (Å²) in [7, 11) is 0. The second-order valence-electron chi connectivity index (χ2n) is 8.71. The van der Waals surface area contributed by atoms with Gasteiger partial charge in [0, 0.05) is 45.1 Å². The lowest BCUT2D eigenvalue weighted by Crippen LogP contribution is -2.48. The van der Waals surface area contributed by atoms with Crippen molar-refractivity contribution < 1.29 is 9.53 Å². The Morgan fingerprint density at radius 3 is 2.46 bits per heavy atom. The van der Waals surface area contributed by atoms with Crippen LogP contribution in [0.1, 0.15) is 32.1 Å². The van der Waals surface area contributed by atoms with Crippen LogP contribution in [0.4, 0.5) is 5.95 Å². The van der Waals surface area contributed by atoms with E-state index < -0.39 is 0 Å². The molecule has 4 aliphatic carbocycles. The second kappa shape index (κ2) is 6.48. The number of carbonyl (C=O) groups excluding carboxylic acids is 1. The fourth-order valence-electron chi connectivity index (χ4n) is 6.17. The molecule has 5 aliphatic rings. The minimum Gasteiger partial charge on any atom is -0.464 e. The topological polar surface area (TPSA) is 58.6 Å². The van der Waals surface area contributed by atoms with Crippen molar-refractivity contribution in [1.29, 1.82) is 0 Å². The Morgan fingerprint density at radius 2 is 1.77 bits per heavy atom. The van der Waals surface area contributed by atoms with Crippen LogP contribution in [0.2, 0.25) is 0 Å². The summed E-state index contributed by atoms with van der Waals surface area (Å²) in [4.78, 5) is 26.1. The van der Waals surface area contributed by atoms with Gasteiger partial charge in [0.15, 0.2) is 0 Å². The zero-order valence-electron chi connectivity index (χ0n) is 15.3. The van der Waals surface area contributed by atoms with Crippen LogP contribution in [0, 0.1) is 23.2 Å². The van der Waals surface area contributed by atoms with Gasteiger partial charge in [0.2, 0.25) is 5.95 Å². The molecule has 4 atom stereocenters. The van der Waals surface area contributed by atoms with Gasteiger partial charge in [0.25, 0.3) is 0 Å². The molecule has 6 heteroatoms. The highest BCUT2D eigenvalue weighted by atomic mass is 16.5. The van der Waals surface area contributed by atoms with E-state index in [4.69, 9.17) is 4.74 Å². The molecule has 0 amide bonds. The zero-order chi connectivity index (χ0) is 17.6. The molecular weight excluding hydrogens is 328 g/mol. The molecule has 3 unspecified atom stereocenters. The number of esters is 1. The average Bonchev–Trinajstić information content (AvgIpc) is 3.08. The van der Waals surface area contributed by atoms with E-state index >= 15 is 0 Å². The maximum absolute atomic E-state index is 12.8. The minimum absolute atomic E-state index is 0.100. The van der Waals surface area contributed by atoms with Crippen molar-refractivity contribution in [3.05, 3.63) is 18.5 Å². The summed E-state index contributed by atoms with van der Waals surface area (Å²) in [6.45, 7) is 5.15. The summed E-state index contributed by atoms with van der Waals surface area (Å²) >= 11 is 0. The molecule has 4 bridgehead atoms. The molecule has 4 saturated carbocycles. The Balaban J connectivity index is 1.08. The molecule has 0 aromatic carbocycles. The highest BCUT2D eigenvalue weighted by molar-refractivity contribution is 5.78. The van der Waals surface area contributed by atoms with Gasteiger partial charge in [0.1, 0.15) is 6.61 Å². The summed E-state index contributed by atoms with van der Waals surface area (Å²) in [6, 6.07) is 1.84. The van der Waals surface area contributed by atoms with Crippen LogP contribution < -0.4 is 4.90 Å². The molecule has 1 aromatic heterocycles. The Labute approximate surface area is 154 Å². The number of hydrogen-bond donors (Lipinski definition) is 0. The summed E-state index contributed by atoms with van der Waals surface area (Å²) in [5, 5.41) is 0. The van der Waals surface area contributed by atoms with Crippen molar-refractivity contribution in [3.63, 3.8) is 0 Å². The SMILES string of the molecule is O=C(OCCN1CCN(c2ncccn2)CC1)C12CC3CC1C[C@H](C3)C2. The average molecular weight is 356 g/mol. The molecule has 1 saturated heterocycles. The smallest absolute Gasteiger partial charge is 0.312 e. The lowest BCUT2D eigenvalue weighted by molar-refractivity contribution is -0.158. The first-order valence-corrected chi connectivity index (χ1v) is 10.1. The fraction of sp³-hybridized carbons (Fsp3) is 0.750. The number of carbonyl (C=O) groups is 1. The number of ether oxygens (including phenoxy) is 1. The minimum atomic E-state index is -0.100. The van der Waals surface area contributed by atoms with Crippen molar-refractivity contribution in [2.45, 2.75) is 32.1 Å². The first-order valence-electron chi connectivity index (χ1n) is 10.1. The summed E-state index contributed by atoms with van der Waals surface area (Å²) in [5.74, 6) is 3.14. The van der Waals surface area contributed by atoms with Gasteiger partial charge in [-0.05, 0) is 55.9 Å². The third-order valence-corrected chi connectivity index (χ3v) is 7.24. The molecule has 0 N–H and O–H groups in total. The van der Waals surface area contributed by atoms with Crippen molar-refractivity contribution >= 4 is 11.9 Å². The molecule has 140 valence electrons. The molecule has 6 nitrogen and oxygen atoms in total. The Kier molecular flexibility index (Phi) is 4.11. The van der Waals surface area contributed by atoms with E-state index in [1.54, 1.807) is 12.4 Å². The van der Waals surface area contributed by atoms with E-state index in [0.717, 1.165) is 63.3 Å². The Hall–Kier alpha value is -1.69. The van der Waals surface area contributed by atoms with Gasteiger partial charge < -0.3 is 9.64 Å². The Morgan fingerprint density at radius 1 is 1.08 bits per heavy atom. The molecule has 1 aromatic rings. The normalized spacial score (nSPS) is 35.8. The van der Waals surface area contributed by atoms with Crippen molar-refractivity contribution in [2.24, 2.45) is 23.2 Å². The lowest BCUT2D eigenvalue weighted by atomic mass is 9.75. The summed E-state index contributed by atoms with van der Waals surface area (Å²) in [6.07, 6.45) is 9.68. The quantitative estimate of drug-likeness (QED) is 0.752. The third kappa shape index (κ3) is 2.79. The largest absolute Gasteiger partial charge is 0.464 e. The number of nitrogens with zero attached hydrogens (tertiary/aromatic N) is 4. The van der Waals surface area contributed by atoms with E-state index in [2.05, 4.69) is 19.8 Å². The van der Waals surface area contributed by atoms with E-state index in [-0.39, 0.29) is 11.4 Å². The van der Waals surface area contributed by atoms with E-state index in [9.17, 15) is 4.79 Å². The van der Waals surface area contributed by atoms with Crippen molar-refractivity contribution in [1.82, 2.24) is 14.9 Å². The summed E-state index contributed by atoms with van der Waals surface area (Å²) in [5.41, 5.74) is -0.100. The molecular formula is C20H28N4O2. The maximum atomic E-state index is 12.8. The second-order valence-corrected chi connectivity index (χ2v) is 8.71. The van der Waals surface area contributed by atoms with Gasteiger partial charge >= 0.3 is 5.97 Å². The van der Waals surface area contributed by atoms with Gasteiger partial charge in [-0.2, -0.15) is 0 Å². The highest BCUT2D eigenvalue weighted by Gasteiger charge is 2.62. The van der Waals surface area contributed by atoms with Crippen LogP contribution in [-0.2, 0) is 9.53 Å². The first-order chi connectivity index (χ1) is 12.7. The predicted molar refractivity (Wildman–Crippen MR) is 97.6 cm³/mol. The van der Waals surface area contributed by atoms with Gasteiger partial charge in [-0.3, -0.25) is 9.69 Å². The number of anilines is 1. The number of piperazine rings is 1. The van der Waals surface area contributed by atoms with Crippen molar-refractivity contribution in [2.75, 3.05) is 44.2 Å². The fourth-order valence-corrected chi connectivity index (χ4v) is 6.17. The van der Waals surface area contributed by atoms with Crippen LogP contribution in [0.3, 0.4) is 0 Å². The molecule has 0 spiro atoms. The number of aromatic nitrogens is 2. The van der Waals surface area contributed by atoms with Crippen LogP contribution in [0.5, 0.6) is 0 Å². The number of rotatable bonds is 5. The van der Waals surface area contributed by atoms with Gasteiger partial charge in [-0.15, -0.1) is 0 Å².